The van der Waals surface area contributed by atoms with Gasteiger partial charge in [0.25, 0.3) is 0 Å². The largest absolute Gasteiger partial charge is 0.469 e. The molecule has 0 radical (unpaired) electrons. The Kier molecular flexibility index (Phi) is 4.92. The molecule has 2 saturated heterocycles. The molecule has 2 atom stereocenters. The number of carbonyl (C=O) groups excluding carboxylic acids is 1. The van der Waals surface area contributed by atoms with E-state index in [0.29, 0.717) is 12.5 Å². The van der Waals surface area contributed by atoms with Crippen molar-refractivity contribution in [3.63, 3.8) is 0 Å². The monoisotopic (exact) mass is 274 g/mol. The molecule has 4 nitrogen and oxygen atoms in total. The van der Waals surface area contributed by atoms with Gasteiger partial charge in [0.2, 0.25) is 0 Å². The first kappa shape index (κ1) is 14.2. The predicted octanol–water partition coefficient (Wildman–Crippen LogP) is 2.21. The molecular weight excluding hydrogens is 252 g/mol. The summed E-state index contributed by atoms with van der Waals surface area (Å²) in [7, 11) is 1.40. The smallest absolute Gasteiger partial charge is 0.308 e. The van der Waals surface area contributed by atoms with Crippen LogP contribution in [0.25, 0.3) is 0 Å². The van der Waals surface area contributed by atoms with Gasteiger partial charge in [-0.25, -0.2) is 0 Å². The number of carbonyl (C=O) groups is 1. The molecule has 0 aromatic carbocycles. The van der Waals surface area contributed by atoms with Gasteiger partial charge in [0.1, 0.15) is 0 Å². The Morgan fingerprint density at radius 1 is 1.44 bits per heavy atom. The maximum atomic E-state index is 11.2. The van der Waals surface area contributed by atoms with Gasteiger partial charge >= 0.3 is 5.97 Å². The molecule has 0 bridgehead atoms. The molecule has 0 aromatic heterocycles. The van der Waals surface area contributed by atoms with Crippen LogP contribution in [-0.4, -0.2) is 43.1 Å². The quantitative estimate of drug-likeness (QED) is 0.735. The number of rotatable bonds is 4. The van der Waals surface area contributed by atoms with Crippen LogP contribution in [0, 0.1) is 5.92 Å². The zero-order valence-electron chi connectivity index (χ0n) is 11.1. The first-order valence-electron chi connectivity index (χ1n) is 6.57. The highest BCUT2D eigenvalue weighted by atomic mass is 32.2. The summed E-state index contributed by atoms with van der Waals surface area (Å²) in [4.78, 5) is 11.2. The average molecular weight is 274 g/mol. The SMILES string of the molecule is COC(=O)CC1COC(C)(CC2CCSCC2)O1. The number of esters is 1. The second-order valence-corrected chi connectivity index (χ2v) is 6.45. The molecule has 2 aliphatic rings. The van der Waals surface area contributed by atoms with E-state index in [1.165, 1.54) is 31.5 Å². The first-order valence-corrected chi connectivity index (χ1v) is 7.73. The molecule has 2 heterocycles. The number of hydrogen-bond donors (Lipinski definition) is 0. The highest BCUT2D eigenvalue weighted by Gasteiger charge is 2.40. The van der Waals surface area contributed by atoms with Crippen molar-refractivity contribution in [2.45, 2.75) is 44.5 Å². The fourth-order valence-electron chi connectivity index (χ4n) is 2.64. The van der Waals surface area contributed by atoms with E-state index in [2.05, 4.69) is 4.74 Å². The Morgan fingerprint density at radius 2 is 2.17 bits per heavy atom. The Balaban J connectivity index is 1.79. The van der Waals surface area contributed by atoms with E-state index in [-0.39, 0.29) is 18.5 Å². The van der Waals surface area contributed by atoms with Crippen LogP contribution in [0.4, 0.5) is 0 Å². The summed E-state index contributed by atoms with van der Waals surface area (Å²) in [5.74, 6) is 2.43. The Morgan fingerprint density at radius 3 is 2.83 bits per heavy atom. The van der Waals surface area contributed by atoms with Gasteiger partial charge in [-0.15, -0.1) is 0 Å². The maximum absolute atomic E-state index is 11.2. The van der Waals surface area contributed by atoms with Crippen molar-refractivity contribution in [2.75, 3.05) is 25.2 Å². The molecule has 2 aliphatic heterocycles. The fraction of sp³-hybridized carbons (Fsp3) is 0.923. The van der Waals surface area contributed by atoms with Crippen molar-refractivity contribution < 1.29 is 19.0 Å². The minimum absolute atomic E-state index is 0.152. The van der Waals surface area contributed by atoms with Crippen LogP contribution >= 0.6 is 11.8 Å². The summed E-state index contributed by atoms with van der Waals surface area (Å²) in [6, 6.07) is 0. The topological polar surface area (TPSA) is 44.8 Å². The standard InChI is InChI=1S/C13H22O4S/c1-13(8-10-3-5-18-6-4-10)16-9-11(17-13)7-12(14)15-2/h10-11H,3-9H2,1-2H3. The van der Waals surface area contributed by atoms with E-state index >= 15 is 0 Å². The normalized spacial score (nSPS) is 33.6. The third kappa shape index (κ3) is 3.87. The average Bonchev–Trinajstić information content (AvgIpc) is 2.71. The van der Waals surface area contributed by atoms with Crippen molar-refractivity contribution in [3.05, 3.63) is 0 Å². The third-order valence-corrected chi connectivity index (χ3v) is 4.66. The molecule has 0 aromatic rings. The highest BCUT2D eigenvalue weighted by molar-refractivity contribution is 7.99. The summed E-state index contributed by atoms with van der Waals surface area (Å²) in [5, 5.41) is 0. The van der Waals surface area contributed by atoms with Crippen LogP contribution in [0.5, 0.6) is 0 Å². The number of hydrogen-bond acceptors (Lipinski definition) is 5. The molecule has 2 unspecified atom stereocenters. The third-order valence-electron chi connectivity index (χ3n) is 3.61. The molecule has 2 rings (SSSR count). The number of methoxy groups -OCH3 is 1. The van der Waals surface area contributed by atoms with Crippen molar-refractivity contribution >= 4 is 17.7 Å². The zero-order valence-corrected chi connectivity index (χ0v) is 12.0. The summed E-state index contributed by atoms with van der Waals surface area (Å²) in [5.41, 5.74) is 0. The molecule has 0 spiro atoms. The molecule has 2 fully saturated rings. The lowest BCUT2D eigenvalue weighted by atomic mass is 9.94. The van der Waals surface area contributed by atoms with Crippen molar-refractivity contribution in [1.29, 1.82) is 0 Å². The Hall–Kier alpha value is -0.260. The lowest BCUT2D eigenvalue weighted by molar-refractivity contribution is -0.170. The van der Waals surface area contributed by atoms with E-state index in [0.717, 1.165) is 6.42 Å². The summed E-state index contributed by atoms with van der Waals surface area (Å²) in [6.45, 7) is 2.49. The summed E-state index contributed by atoms with van der Waals surface area (Å²) >= 11 is 2.02. The van der Waals surface area contributed by atoms with E-state index < -0.39 is 5.79 Å². The van der Waals surface area contributed by atoms with Gasteiger partial charge in [-0.05, 0) is 37.2 Å². The molecular formula is C13H22O4S. The lowest BCUT2D eigenvalue weighted by Crippen LogP contribution is -2.31. The molecule has 0 aliphatic carbocycles. The van der Waals surface area contributed by atoms with Gasteiger partial charge in [-0.2, -0.15) is 11.8 Å². The minimum Gasteiger partial charge on any atom is -0.469 e. The second-order valence-electron chi connectivity index (χ2n) is 5.22. The van der Waals surface area contributed by atoms with Gasteiger partial charge in [0, 0.05) is 6.42 Å². The van der Waals surface area contributed by atoms with Crippen LogP contribution in [0.15, 0.2) is 0 Å². The van der Waals surface area contributed by atoms with Crippen molar-refractivity contribution in [1.82, 2.24) is 0 Å². The molecule has 0 amide bonds. The van der Waals surface area contributed by atoms with Crippen LogP contribution in [0.2, 0.25) is 0 Å². The Labute approximate surface area is 113 Å². The molecule has 18 heavy (non-hydrogen) atoms. The van der Waals surface area contributed by atoms with Crippen LogP contribution in [0.1, 0.15) is 32.6 Å². The lowest BCUT2D eigenvalue weighted by Gasteiger charge is -2.30. The summed E-state index contributed by atoms with van der Waals surface area (Å²) in [6.07, 6.45) is 3.56. The minimum atomic E-state index is -0.509. The molecule has 0 N–H and O–H groups in total. The summed E-state index contributed by atoms with van der Waals surface area (Å²) < 4.78 is 16.3. The fourth-order valence-corrected chi connectivity index (χ4v) is 3.85. The first-order chi connectivity index (χ1) is 8.61. The van der Waals surface area contributed by atoms with Gasteiger partial charge < -0.3 is 14.2 Å². The van der Waals surface area contributed by atoms with Crippen molar-refractivity contribution in [3.8, 4) is 0 Å². The number of ether oxygens (including phenoxy) is 3. The van der Waals surface area contributed by atoms with Gasteiger partial charge in [0.05, 0.1) is 26.2 Å². The predicted molar refractivity (Wildman–Crippen MR) is 70.5 cm³/mol. The zero-order chi connectivity index (χ0) is 13.0. The van der Waals surface area contributed by atoms with Crippen LogP contribution in [0.3, 0.4) is 0 Å². The van der Waals surface area contributed by atoms with Crippen molar-refractivity contribution in [2.24, 2.45) is 5.92 Å². The second kappa shape index (κ2) is 6.26. The van der Waals surface area contributed by atoms with E-state index in [9.17, 15) is 4.79 Å². The highest BCUT2D eigenvalue weighted by Crippen LogP contribution is 2.36. The molecule has 5 heteroatoms. The van der Waals surface area contributed by atoms with Crippen LogP contribution < -0.4 is 0 Å². The molecule has 104 valence electrons. The van der Waals surface area contributed by atoms with E-state index in [4.69, 9.17) is 9.47 Å². The van der Waals surface area contributed by atoms with E-state index in [1.807, 2.05) is 18.7 Å². The van der Waals surface area contributed by atoms with Gasteiger partial charge in [-0.1, -0.05) is 0 Å². The maximum Gasteiger partial charge on any atom is 0.308 e. The Bertz CT molecular complexity index is 291. The van der Waals surface area contributed by atoms with E-state index in [1.54, 1.807) is 0 Å². The van der Waals surface area contributed by atoms with Crippen LogP contribution in [-0.2, 0) is 19.0 Å². The molecule has 0 saturated carbocycles. The van der Waals surface area contributed by atoms with Gasteiger partial charge in [-0.3, -0.25) is 4.79 Å². The number of thioether (sulfide) groups is 1. The van der Waals surface area contributed by atoms with Gasteiger partial charge in [0.15, 0.2) is 5.79 Å².